The number of hydrogen-bond acceptors (Lipinski definition) is 1. The molecule has 0 amide bonds. The van der Waals surface area contributed by atoms with Crippen LogP contribution in [0.25, 0.3) is 0 Å². The second-order valence-corrected chi connectivity index (χ2v) is 5.02. The molecule has 1 N–H and O–H groups in total. The summed E-state index contributed by atoms with van der Waals surface area (Å²) in [7, 11) is 0. The summed E-state index contributed by atoms with van der Waals surface area (Å²) in [5, 5.41) is 3.68. The van der Waals surface area contributed by atoms with Crippen LogP contribution in [-0.2, 0) is 6.42 Å². The number of nitrogens with one attached hydrogen (secondary N) is 1. The Morgan fingerprint density at radius 3 is 3.00 bits per heavy atom. The lowest BCUT2D eigenvalue weighted by atomic mass is 9.76. The first kappa shape index (κ1) is 11.0. The van der Waals surface area contributed by atoms with E-state index in [1.807, 2.05) is 0 Å². The Labute approximate surface area is 97.7 Å². The first-order valence-electron chi connectivity index (χ1n) is 5.61. The molecule has 2 heteroatoms. The molecule has 0 bridgehead atoms. The molecule has 0 saturated carbocycles. The van der Waals surface area contributed by atoms with Crippen LogP contribution in [-0.4, -0.2) is 6.54 Å². The Hall–Kier alpha value is -0.530. The third-order valence-corrected chi connectivity index (χ3v) is 3.93. The van der Waals surface area contributed by atoms with E-state index in [-0.39, 0.29) is 12.4 Å². The van der Waals surface area contributed by atoms with Crippen LogP contribution < -0.4 is 5.32 Å². The quantitative estimate of drug-likeness (QED) is 0.713. The van der Waals surface area contributed by atoms with Gasteiger partial charge in [0.25, 0.3) is 0 Å². The molecule has 0 unspecified atom stereocenters. The van der Waals surface area contributed by atoms with Gasteiger partial charge in [0, 0.05) is 6.04 Å². The summed E-state index contributed by atoms with van der Waals surface area (Å²) in [6.45, 7) is 3.62. The van der Waals surface area contributed by atoms with Gasteiger partial charge in [0.2, 0.25) is 0 Å². The highest BCUT2D eigenvalue weighted by Crippen LogP contribution is 2.49. The lowest BCUT2D eigenvalue weighted by Gasteiger charge is -2.37. The summed E-state index contributed by atoms with van der Waals surface area (Å²) in [4.78, 5) is 0. The summed E-state index contributed by atoms with van der Waals surface area (Å²) >= 11 is 0. The number of halogens is 1. The van der Waals surface area contributed by atoms with E-state index in [4.69, 9.17) is 0 Å². The van der Waals surface area contributed by atoms with E-state index in [1.54, 1.807) is 11.1 Å². The summed E-state index contributed by atoms with van der Waals surface area (Å²) in [5.74, 6) is 0. The van der Waals surface area contributed by atoms with Crippen molar-refractivity contribution in [3.05, 3.63) is 35.4 Å². The highest BCUT2D eigenvalue weighted by Gasteiger charge is 2.43. The SMILES string of the molecule is C[C@@]12CCCN[C@@H]1c1ccccc1C2.Cl. The summed E-state index contributed by atoms with van der Waals surface area (Å²) < 4.78 is 0. The molecule has 15 heavy (non-hydrogen) atoms. The van der Waals surface area contributed by atoms with Gasteiger partial charge in [-0.3, -0.25) is 0 Å². The molecule has 1 heterocycles. The lowest BCUT2D eigenvalue weighted by Crippen LogP contribution is -2.38. The van der Waals surface area contributed by atoms with Gasteiger partial charge in [-0.15, -0.1) is 12.4 Å². The van der Waals surface area contributed by atoms with Gasteiger partial charge < -0.3 is 5.32 Å². The zero-order chi connectivity index (χ0) is 9.60. The maximum atomic E-state index is 3.68. The standard InChI is InChI=1S/C13H17N.ClH/c1-13-7-4-8-14-12(13)11-6-3-2-5-10(11)9-13;/h2-3,5-6,12,14H,4,7-9H2,1H3;1H/t12-,13+;/m1./s1. The average molecular weight is 224 g/mol. The number of benzene rings is 1. The smallest absolute Gasteiger partial charge is 0.0380 e. The lowest BCUT2D eigenvalue weighted by molar-refractivity contribution is 0.178. The van der Waals surface area contributed by atoms with Gasteiger partial charge in [-0.05, 0) is 42.3 Å². The molecule has 0 aromatic heterocycles. The Balaban J connectivity index is 0.000000853. The Morgan fingerprint density at radius 1 is 1.33 bits per heavy atom. The highest BCUT2D eigenvalue weighted by molar-refractivity contribution is 5.85. The van der Waals surface area contributed by atoms with Crippen molar-refractivity contribution in [2.45, 2.75) is 32.2 Å². The van der Waals surface area contributed by atoms with Gasteiger partial charge in [0.1, 0.15) is 0 Å². The third-order valence-electron chi connectivity index (χ3n) is 3.93. The molecule has 2 atom stereocenters. The zero-order valence-electron chi connectivity index (χ0n) is 9.12. The molecular weight excluding hydrogens is 206 g/mol. The monoisotopic (exact) mass is 223 g/mol. The second-order valence-electron chi connectivity index (χ2n) is 5.02. The minimum Gasteiger partial charge on any atom is -0.309 e. The van der Waals surface area contributed by atoms with Gasteiger partial charge in [-0.2, -0.15) is 0 Å². The van der Waals surface area contributed by atoms with Crippen LogP contribution in [0.15, 0.2) is 24.3 Å². The molecule has 1 aliphatic carbocycles. The van der Waals surface area contributed by atoms with Crippen molar-refractivity contribution >= 4 is 12.4 Å². The normalized spacial score (nSPS) is 32.7. The van der Waals surface area contributed by atoms with Gasteiger partial charge in [0.15, 0.2) is 0 Å². The van der Waals surface area contributed by atoms with Crippen molar-refractivity contribution in [1.29, 1.82) is 0 Å². The number of hydrogen-bond donors (Lipinski definition) is 1. The van der Waals surface area contributed by atoms with Gasteiger partial charge >= 0.3 is 0 Å². The molecule has 1 nitrogen and oxygen atoms in total. The van der Waals surface area contributed by atoms with Crippen LogP contribution in [0.2, 0.25) is 0 Å². The van der Waals surface area contributed by atoms with Crippen molar-refractivity contribution in [1.82, 2.24) is 5.32 Å². The van der Waals surface area contributed by atoms with Crippen LogP contribution in [0.4, 0.5) is 0 Å². The van der Waals surface area contributed by atoms with Gasteiger partial charge in [-0.25, -0.2) is 0 Å². The minimum absolute atomic E-state index is 0. The average Bonchev–Trinajstić information content (AvgIpc) is 2.49. The van der Waals surface area contributed by atoms with Crippen molar-refractivity contribution in [2.75, 3.05) is 6.54 Å². The fraction of sp³-hybridized carbons (Fsp3) is 0.538. The topological polar surface area (TPSA) is 12.0 Å². The molecule has 1 aromatic rings. The number of rotatable bonds is 0. The van der Waals surface area contributed by atoms with E-state index in [0.29, 0.717) is 11.5 Å². The highest BCUT2D eigenvalue weighted by atomic mass is 35.5. The minimum atomic E-state index is 0. The molecule has 0 radical (unpaired) electrons. The van der Waals surface area contributed by atoms with Crippen LogP contribution >= 0.6 is 12.4 Å². The largest absolute Gasteiger partial charge is 0.309 e. The van der Waals surface area contributed by atoms with Gasteiger partial charge in [-0.1, -0.05) is 31.2 Å². The van der Waals surface area contributed by atoms with Crippen molar-refractivity contribution in [3.8, 4) is 0 Å². The first-order valence-corrected chi connectivity index (χ1v) is 5.61. The molecule has 0 spiro atoms. The molecular formula is C13H18ClN. The molecule has 1 fully saturated rings. The van der Waals surface area contributed by atoms with Crippen LogP contribution in [0.5, 0.6) is 0 Å². The second kappa shape index (κ2) is 3.80. The summed E-state index contributed by atoms with van der Waals surface area (Å²) in [6, 6.07) is 9.54. The number of fused-ring (bicyclic) bond motifs is 3. The first-order chi connectivity index (χ1) is 6.80. The number of piperidine rings is 1. The van der Waals surface area contributed by atoms with Crippen molar-refractivity contribution in [3.63, 3.8) is 0 Å². The Bertz CT molecular complexity index is 363. The van der Waals surface area contributed by atoms with E-state index >= 15 is 0 Å². The Morgan fingerprint density at radius 2 is 2.13 bits per heavy atom. The van der Waals surface area contributed by atoms with E-state index in [0.717, 1.165) is 0 Å². The molecule has 3 rings (SSSR count). The Kier molecular flexibility index (Phi) is 2.78. The zero-order valence-corrected chi connectivity index (χ0v) is 9.94. The maximum Gasteiger partial charge on any atom is 0.0380 e. The maximum absolute atomic E-state index is 3.68. The molecule has 1 aliphatic heterocycles. The van der Waals surface area contributed by atoms with Crippen molar-refractivity contribution < 1.29 is 0 Å². The molecule has 1 aromatic carbocycles. The summed E-state index contributed by atoms with van der Waals surface area (Å²) in [5.41, 5.74) is 3.60. The fourth-order valence-corrected chi connectivity index (χ4v) is 3.22. The fourth-order valence-electron chi connectivity index (χ4n) is 3.22. The van der Waals surface area contributed by atoms with Crippen molar-refractivity contribution in [2.24, 2.45) is 5.41 Å². The van der Waals surface area contributed by atoms with Gasteiger partial charge in [0.05, 0.1) is 0 Å². The van der Waals surface area contributed by atoms with Crippen LogP contribution in [0, 0.1) is 5.41 Å². The van der Waals surface area contributed by atoms with Crippen LogP contribution in [0.1, 0.15) is 36.9 Å². The summed E-state index contributed by atoms with van der Waals surface area (Å²) in [6.07, 6.45) is 3.97. The predicted octanol–water partition coefficient (Wildman–Crippen LogP) is 3.10. The molecule has 1 saturated heterocycles. The van der Waals surface area contributed by atoms with E-state index in [2.05, 4.69) is 36.5 Å². The van der Waals surface area contributed by atoms with E-state index in [9.17, 15) is 0 Å². The van der Waals surface area contributed by atoms with E-state index < -0.39 is 0 Å². The third kappa shape index (κ3) is 1.58. The molecule has 2 aliphatic rings. The van der Waals surface area contributed by atoms with Crippen LogP contribution in [0.3, 0.4) is 0 Å². The molecule has 82 valence electrons. The predicted molar refractivity (Wildman–Crippen MR) is 65.5 cm³/mol. The van der Waals surface area contributed by atoms with E-state index in [1.165, 1.54) is 25.8 Å².